The van der Waals surface area contributed by atoms with Crippen molar-refractivity contribution in [2.45, 2.75) is 33.2 Å². The van der Waals surface area contributed by atoms with Gasteiger partial charge in [0.2, 0.25) is 6.23 Å². The lowest BCUT2D eigenvalue weighted by molar-refractivity contribution is -0.945. The van der Waals surface area contributed by atoms with Gasteiger partial charge in [-0.2, -0.15) is 0 Å². The van der Waals surface area contributed by atoms with Crippen LogP contribution in [-0.4, -0.2) is 55.9 Å². The molecule has 0 spiro atoms. The molecule has 1 aromatic rings. The number of quaternary nitrogens is 2. The highest BCUT2D eigenvalue weighted by Gasteiger charge is 2.27. The first-order valence-corrected chi connectivity index (χ1v) is 8.15. The maximum absolute atomic E-state index is 11.4. The van der Waals surface area contributed by atoms with Crippen molar-refractivity contribution < 1.29 is 43.3 Å². The number of benzene rings is 1. The van der Waals surface area contributed by atoms with Gasteiger partial charge in [-0.25, -0.2) is 4.79 Å². The first-order valence-electron chi connectivity index (χ1n) is 8.15. The Hall–Kier alpha value is -1.07. The number of carbonyl (C=O) groups is 1. The molecule has 0 N–H and O–H groups in total. The van der Waals surface area contributed by atoms with Crippen LogP contribution in [0.15, 0.2) is 36.9 Å². The fraction of sp³-hybridized carbons (Fsp3) is 0.526. The number of rotatable bonds is 8. The van der Waals surface area contributed by atoms with Crippen molar-refractivity contribution in [2.24, 2.45) is 0 Å². The smallest absolute Gasteiger partial charge is 0.334 e. The quantitative estimate of drug-likeness (QED) is 0.204. The molecular weight excluding hydrogens is 359 g/mol. The highest BCUT2D eigenvalue weighted by Crippen LogP contribution is 2.17. The molecule has 0 aliphatic carbocycles. The Balaban J connectivity index is 0. The van der Waals surface area contributed by atoms with Gasteiger partial charge >= 0.3 is 5.97 Å². The molecular formula is C19H32Cl2N2O2. The van der Waals surface area contributed by atoms with Gasteiger partial charge in [-0.15, -0.1) is 0 Å². The molecule has 144 valence electrons. The maximum Gasteiger partial charge on any atom is 0.334 e. The van der Waals surface area contributed by atoms with Crippen LogP contribution in [0, 0.1) is 0 Å². The van der Waals surface area contributed by atoms with Crippen LogP contribution in [0.25, 0.3) is 0 Å². The van der Waals surface area contributed by atoms with Crippen molar-refractivity contribution in [3.8, 4) is 0 Å². The van der Waals surface area contributed by atoms with Crippen molar-refractivity contribution in [3.63, 3.8) is 0 Å². The summed E-state index contributed by atoms with van der Waals surface area (Å²) in [7, 11) is 8.60. The zero-order valence-corrected chi connectivity index (χ0v) is 17.8. The molecule has 0 radical (unpaired) electrons. The van der Waals surface area contributed by atoms with Gasteiger partial charge in [-0.1, -0.05) is 30.8 Å². The number of ether oxygens (including phenoxy) is 1. The normalized spacial score (nSPS) is 12.4. The number of hydrogen-bond donors (Lipinski definition) is 0. The zero-order valence-electron chi connectivity index (χ0n) is 16.3. The van der Waals surface area contributed by atoms with Gasteiger partial charge in [0.1, 0.15) is 13.1 Å². The lowest BCUT2D eigenvalue weighted by Crippen LogP contribution is -3.00. The first-order chi connectivity index (χ1) is 10.6. The van der Waals surface area contributed by atoms with E-state index in [9.17, 15) is 4.79 Å². The second-order valence-electron chi connectivity index (χ2n) is 7.40. The lowest BCUT2D eigenvalue weighted by Gasteiger charge is -2.35. The van der Waals surface area contributed by atoms with Crippen LogP contribution < -0.4 is 24.8 Å². The van der Waals surface area contributed by atoms with E-state index in [2.05, 4.69) is 66.0 Å². The molecule has 6 heteroatoms. The zero-order chi connectivity index (χ0) is 17.7. The predicted octanol–water partition coefficient (Wildman–Crippen LogP) is -3.06. The second kappa shape index (κ2) is 10.8. The molecule has 1 atom stereocenters. The van der Waals surface area contributed by atoms with E-state index in [1.54, 1.807) is 0 Å². The summed E-state index contributed by atoms with van der Waals surface area (Å²) in [4.78, 5) is 11.4. The Labute approximate surface area is 165 Å². The van der Waals surface area contributed by atoms with E-state index in [1.807, 2.05) is 6.92 Å². The fourth-order valence-corrected chi connectivity index (χ4v) is 2.31. The number of esters is 1. The van der Waals surface area contributed by atoms with Crippen LogP contribution in [-0.2, 0) is 22.6 Å². The largest absolute Gasteiger partial charge is 1.00 e. The third-order valence-electron chi connectivity index (χ3n) is 4.52. The molecule has 1 unspecified atom stereocenters. The summed E-state index contributed by atoms with van der Waals surface area (Å²) in [5.41, 5.74) is 2.58. The van der Waals surface area contributed by atoms with Crippen LogP contribution in [0.5, 0.6) is 0 Å². The van der Waals surface area contributed by atoms with Crippen LogP contribution in [0.3, 0.4) is 0 Å². The average molecular weight is 391 g/mol. The topological polar surface area (TPSA) is 26.3 Å². The predicted molar refractivity (Wildman–Crippen MR) is 94.4 cm³/mol. The molecule has 0 saturated carbocycles. The number of halogens is 2. The summed E-state index contributed by atoms with van der Waals surface area (Å²) in [5.74, 6) is -0.376. The Bertz CT molecular complexity index is 543. The van der Waals surface area contributed by atoms with E-state index in [0.717, 1.165) is 24.1 Å². The van der Waals surface area contributed by atoms with Crippen molar-refractivity contribution in [1.29, 1.82) is 0 Å². The summed E-state index contributed by atoms with van der Waals surface area (Å²) < 4.78 is 6.91. The minimum Gasteiger partial charge on any atom is -1.00 e. The van der Waals surface area contributed by atoms with Crippen molar-refractivity contribution >= 4 is 5.97 Å². The van der Waals surface area contributed by atoms with Gasteiger partial charge in [0, 0.05) is 24.1 Å². The minimum absolute atomic E-state index is 0. The number of carbonyl (C=O) groups excluding carboxylic acids is 1. The van der Waals surface area contributed by atoms with Gasteiger partial charge in [0.25, 0.3) is 0 Å². The second-order valence-corrected chi connectivity index (χ2v) is 7.40. The monoisotopic (exact) mass is 390 g/mol. The van der Waals surface area contributed by atoms with Crippen molar-refractivity contribution in [1.82, 2.24) is 0 Å². The average Bonchev–Trinajstić information content (AvgIpc) is 2.48. The SMILES string of the molecule is C=CC(=O)OC(C)[N+](C)(C)Cc1ccc(C[N+](C)(C)CC)cc1.[Cl-].[Cl-]. The van der Waals surface area contributed by atoms with Crippen molar-refractivity contribution in [2.75, 3.05) is 34.7 Å². The lowest BCUT2D eigenvalue weighted by atomic mass is 10.1. The van der Waals surface area contributed by atoms with Gasteiger partial charge in [-0.3, -0.25) is 4.48 Å². The summed E-state index contributed by atoms with van der Waals surface area (Å²) in [6.45, 7) is 10.5. The van der Waals surface area contributed by atoms with Crippen molar-refractivity contribution in [3.05, 3.63) is 48.0 Å². The van der Waals surface area contributed by atoms with Crippen LogP contribution >= 0.6 is 0 Å². The third-order valence-corrected chi connectivity index (χ3v) is 4.52. The summed E-state index contributed by atoms with van der Waals surface area (Å²) in [6.07, 6.45) is 0.981. The molecule has 0 aliphatic heterocycles. The molecule has 0 aromatic heterocycles. The molecule has 1 rings (SSSR count). The first kappa shape index (κ1) is 26.2. The standard InChI is InChI=1S/C19H32N2O2.2ClH/c1-8-19(22)23-16(3)21(6,7)15-18-12-10-17(11-13-18)14-20(4,5)9-2;;/h8,10-13,16H,1,9,14-15H2,2-7H3;2*1H/q+2;;/p-2. The Morgan fingerprint density at radius 1 is 1.08 bits per heavy atom. The molecule has 1 aromatic carbocycles. The molecule has 0 amide bonds. The summed E-state index contributed by atoms with van der Waals surface area (Å²) in [5, 5.41) is 0. The highest BCUT2D eigenvalue weighted by molar-refractivity contribution is 5.81. The van der Waals surface area contributed by atoms with Crippen LogP contribution in [0.2, 0.25) is 0 Å². The highest BCUT2D eigenvalue weighted by atomic mass is 35.5. The molecule has 0 bridgehead atoms. The van der Waals surface area contributed by atoms with Gasteiger partial charge < -0.3 is 34.0 Å². The Morgan fingerprint density at radius 3 is 1.92 bits per heavy atom. The number of hydrogen-bond acceptors (Lipinski definition) is 2. The van der Waals surface area contributed by atoms with Gasteiger partial charge in [-0.05, 0) is 6.92 Å². The Morgan fingerprint density at radius 2 is 1.52 bits per heavy atom. The van der Waals surface area contributed by atoms with E-state index in [4.69, 9.17) is 4.74 Å². The molecule has 0 saturated heterocycles. The van der Waals surface area contributed by atoms with Gasteiger partial charge in [0.05, 0.1) is 34.7 Å². The van der Waals surface area contributed by atoms with E-state index in [-0.39, 0.29) is 37.0 Å². The van der Waals surface area contributed by atoms with Gasteiger partial charge in [0.15, 0.2) is 0 Å². The van der Waals surface area contributed by atoms with Crippen LogP contribution in [0.4, 0.5) is 0 Å². The molecule has 4 nitrogen and oxygen atoms in total. The van der Waals surface area contributed by atoms with E-state index < -0.39 is 0 Å². The third kappa shape index (κ3) is 8.73. The molecule has 0 fully saturated rings. The van der Waals surface area contributed by atoms with E-state index >= 15 is 0 Å². The minimum atomic E-state index is -0.376. The van der Waals surface area contributed by atoms with E-state index in [1.165, 1.54) is 17.2 Å². The molecule has 0 aliphatic rings. The van der Waals surface area contributed by atoms with Crippen LogP contribution in [0.1, 0.15) is 25.0 Å². The summed E-state index contributed by atoms with van der Waals surface area (Å²) >= 11 is 0. The molecule has 25 heavy (non-hydrogen) atoms. The Kier molecular flexibility index (Phi) is 11.3. The fourth-order valence-electron chi connectivity index (χ4n) is 2.31. The number of nitrogens with zero attached hydrogens (tertiary/aromatic N) is 2. The maximum atomic E-state index is 11.4. The van der Waals surface area contributed by atoms with E-state index in [0.29, 0.717) is 4.48 Å². The molecule has 0 heterocycles. The summed E-state index contributed by atoms with van der Waals surface area (Å²) in [6, 6.07) is 8.75.